The van der Waals surface area contributed by atoms with Gasteiger partial charge in [0.05, 0.1) is 16.4 Å². The first-order valence-corrected chi connectivity index (χ1v) is 11.2. The van der Waals surface area contributed by atoms with Gasteiger partial charge < -0.3 is 4.90 Å². The van der Waals surface area contributed by atoms with E-state index in [4.69, 9.17) is 0 Å². The summed E-state index contributed by atoms with van der Waals surface area (Å²) in [5, 5.41) is 5.78. The molecule has 0 spiro atoms. The Balaban J connectivity index is 1.53. The number of rotatable bonds is 4. The van der Waals surface area contributed by atoms with Crippen LogP contribution in [0.4, 0.5) is 4.39 Å². The van der Waals surface area contributed by atoms with Crippen molar-refractivity contribution >= 4 is 17.2 Å². The Morgan fingerprint density at radius 1 is 1.30 bits per heavy atom. The largest absolute Gasteiger partial charge is 0.338 e. The molecule has 1 aliphatic rings. The second-order valence-electron chi connectivity index (χ2n) is 7.99. The molecule has 0 aliphatic carbocycles. The molecule has 2 aromatic heterocycles. The van der Waals surface area contributed by atoms with Crippen molar-refractivity contribution in [1.29, 1.82) is 0 Å². The van der Waals surface area contributed by atoms with E-state index in [9.17, 15) is 9.18 Å². The highest BCUT2D eigenvalue weighted by Crippen LogP contribution is 2.26. The van der Waals surface area contributed by atoms with Crippen molar-refractivity contribution in [3.63, 3.8) is 0 Å². The lowest BCUT2D eigenvalue weighted by Crippen LogP contribution is -2.42. The highest BCUT2D eigenvalue weighted by Gasteiger charge is 2.27. The molecule has 30 heavy (non-hydrogen) atoms. The fourth-order valence-electron chi connectivity index (χ4n) is 4.10. The van der Waals surface area contributed by atoms with Crippen LogP contribution in [0.5, 0.6) is 0 Å². The minimum absolute atomic E-state index is 0.0778. The Morgan fingerprint density at radius 2 is 2.10 bits per heavy atom. The van der Waals surface area contributed by atoms with Crippen molar-refractivity contribution in [2.24, 2.45) is 0 Å². The molecule has 0 N–H and O–H groups in total. The summed E-state index contributed by atoms with van der Waals surface area (Å²) in [5.74, 6) is -0.147. The molecule has 158 valence electrons. The lowest BCUT2D eigenvalue weighted by molar-refractivity contribution is -0.133. The van der Waals surface area contributed by atoms with Crippen molar-refractivity contribution in [3.8, 4) is 11.3 Å². The third kappa shape index (κ3) is 4.03. The standard InChI is InChI=1S/C23H27FN4OS/c1-5-18-12-21(17-6-7-19(24)14(2)10-17)26-28(18)13-23(29)27-9-8-20-22(11-15(27)3)30-16(4)25-20/h6-7,10,12,15H,5,8-9,11,13H2,1-4H3. The monoisotopic (exact) mass is 426 g/mol. The zero-order valence-corrected chi connectivity index (χ0v) is 18.7. The van der Waals surface area contributed by atoms with Crippen LogP contribution in [0.3, 0.4) is 0 Å². The Morgan fingerprint density at radius 3 is 2.83 bits per heavy atom. The maximum atomic E-state index is 13.6. The van der Waals surface area contributed by atoms with Crippen molar-refractivity contribution in [3.05, 3.63) is 56.9 Å². The first-order chi connectivity index (χ1) is 14.4. The van der Waals surface area contributed by atoms with E-state index in [1.165, 1.54) is 10.9 Å². The van der Waals surface area contributed by atoms with Crippen LogP contribution < -0.4 is 0 Å². The smallest absolute Gasteiger partial charge is 0.244 e. The minimum atomic E-state index is -0.225. The number of thiazole rings is 1. The number of aryl methyl sites for hydroxylation is 3. The van der Waals surface area contributed by atoms with Crippen molar-refractivity contribution in [2.75, 3.05) is 6.54 Å². The molecule has 1 unspecified atom stereocenters. The maximum absolute atomic E-state index is 13.6. The lowest BCUT2D eigenvalue weighted by Gasteiger charge is -2.27. The third-order valence-electron chi connectivity index (χ3n) is 5.77. The molecular formula is C23H27FN4OS. The summed E-state index contributed by atoms with van der Waals surface area (Å²) in [6.07, 6.45) is 2.43. The van der Waals surface area contributed by atoms with Crippen molar-refractivity contribution in [1.82, 2.24) is 19.7 Å². The van der Waals surface area contributed by atoms with E-state index in [2.05, 4.69) is 23.9 Å². The van der Waals surface area contributed by atoms with Gasteiger partial charge in [-0.1, -0.05) is 6.92 Å². The van der Waals surface area contributed by atoms with Crippen molar-refractivity contribution in [2.45, 2.75) is 59.5 Å². The van der Waals surface area contributed by atoms with E-state index in [1.54, 1.807) is 35.1 Å². The summed E-state index contributed by atoms with van der Waals surface area (Å²) in [4.78, 5) is 21.1. The number of fused-ring (bicyclic) bond motifs is 1. The van der Waals surface area contributed by atoms with E-state index in [1.807, 2.05) is 17.9 Å². The van der Waals surface area contributed by atoms with Crippen LogP contribution >= 0.6 is 11.3 Å². The molecule has 1 atom stereocenters. The number of benzene rings is 1. The molecule has 0 fully saturated rings. The zero-order chi connectivity index (χ0) is 21.4. The predicted molar refractivity (Wildman–Crippen MR) is 117 cm³/mol. The topological polar surface area (TPSA) is 51.0 Å². The summed E-state index contributed by atoms with van der Waals surface area (Å²) >= 11 is 1.74. The van der Waals surface area contributed by atoms with Crippen LogP contribution in [0, 0.1) is 19.7 Å². The third-order valence-corrected chi connectivity index (χ3v) is 6.81. The number of amides is 1. The second kappa shape index (κ2) is 8.30. The van der Waals surface area contributed by atoms with Gasteiger partial charge in [-0.3, -0.25) is 9.48 Å². The van der Waals surface area contributed by atoms with E-state index < -0.39 is 0 Å². The molecule has 1 amide bonds. The summed E-state index contributed by atoms with van der Waals surface area (Å²) in [6.45, 7) is 8.85. The summed E-state index contributed by atoms with van der Waals surface area (Å²) in [7, 11) is 0. The van der Waals surface area contributed by atoms with Crippen LogP contribution in [0.2, 0.25) is 0 Å². The summed E-state index contributed by atoms with van der Waals surface area (Å²) in [5.41, 5.74) is 4.37. The molecule has 3 heterocycles. The minimum Gasteiger partial charge on any atom is -0.338 e. The number of hydrogen-bond donors (Lipinski definition) is 0. The number of hydrogen-bond acceptors (Lipinski definition) is 4. The first-order valence-electron chi connectivity index (χ1n) is 10.4. The average Bonchev–Trinajstić information content (AvgIpc) is 3.22. The zero-order valence-electron chi connectivity index (χ0n) is 17.9. The molecule has 4 rings (SSSR count). The quantitative estimate of drug-likeness (QED) is 0.624. The average molecular weight is 427 g/mol. The Bertz CT molecular complexity index is 1090. The van der Waals surface area contributed by atoms with Gasteiger partial charge in [0.1, 0.15) is 12.4 Å². The van der Waals surface area contributed by atoms with Crippen LogP contribution in [0.1, 0.15) is 40.7 Å². The molecule has 3 aromatic rings. The van der Waals surface area contributed by atoms with Crippen LogP contribution in [0.25, 0.3) is 11.3 Å². The van der Waals surface area contributed by atoms with Crippen LogP contribution in [-0.4, -0.2) is 38.2 Å². The number of nitrogens with zero attached hydrogens (tertiary/aromatic N) is 4. The number of halogens is 1. The highest BCUT2D eigenvalue weighted by molar-refractivity contribution is 7.11. The van der Waals surface area contributed by atoms with Gasteiger partial charge in [0, 0.05) is 41.6 Å². The number of carbonyl (C=O) groups is 1. The Hall–Kier alpha value is -2.54. The molecular weight excluding hydrogens is 399 g/mol. The Kier molecular flexibility index (Phi) is 5.73. The van der Waals surface area contributed by atoms with Crippen LogP contribution in [0.15, 0.2) is 24.3 Å². The van der Waals surface area contributed by atoms with Gasteiger partial charge in [0.2, 0.25) is 5.91 Å². The number of aromatic nitrogens is 3. The van der Waals surface area contributed by atoms with Gasteiger partial charge >= 0.3 is 0 Å². The molecule has 0 bridgehead atoms. The van der Waals surface area contributed by atoms with E-state index in [0.717, 1.165) is 46.9 Å². The SMILES string of the molecule is CCc1cc(-c2ccc(F)c(C)c2)nn1CC(=O)N1CCc2nc(C)sc2CC1C. The van der Waals surface area contributed by atoms with Gasteiger partial charge in [-0.2, -0.15) is 5.10 Å². The lowest BCUT2D eigenvalue weighted by atomic mass is 10.1. The molecule has 7 heteroatoms. The summed E-state index contributed by atoms with van der Waals surface area (Å²) in [6, 6.07) is 7.14. The van der Waals surface area contributed by atoms with Gasteiger partial charge in [-0.25, -0.2) is 9.37 Å². The predicted octanol–water partition coefficient (Wildman–Crippen LogP) is 4.34. The molecule has 1 aromatic carbocycles. The van der Waals surface area contributed by atoms with E-state index in [-0.39, 0.29) is 24.3 Å². The summed E-state index contributed by atoms with van der Waals surface area (Å²) < 4.78 is 15.4. The molecule has 0 saturated carbocycles. The van der Waals surface area contributed by atoms with E-state index in [0.29, 0.717) is 12.1 Å². The van der Waals surface area contributed by atoms with Crippen LogP contribution in [-0.2, 0) is 30.6 Å². The molecule has 5 nitrogen and oxygen atoms in total. The van der Waals surface area contributed by atoms with E-state index >= 15 is 0 Å². The van der Waals surface area contributed by atoms with Gasteiger partial charge in [-0.05, 0) is 57.0 Å². The highest BCUT2D eigenvalue weighted by atomic mass is 32.1. The fourth-order valence-corrected chi connectivity index (χ4v) is 5.21. The van der Waals surface area contributed by atoms with Crippen molar-refractivity contribution < 1.29 is 9.18 Å². The maximum Gasteiger partial charge on any atom is 0.244 e. The van der Waals surface area contributed by atoms with Gasteiger partial charge in [0.15, 0.2) is 0 Å². The first kappa shape index (κ1) is 20.7. The molecule has 0 saturated heterocycles. The second-order valence-corrected chi connectivity index (χ2v) is 9.28. The molecule has 0 radical (unpaired) electrons. The normalized spacial score (nSPS) is 16.4. The fraction of sp³-hybridized carbons (Fsp3) is 0.435. The molecule has 1 aliphatic heterocycles. The van der Waals surface area contributed by atoms with Gasteiger partial charge in [-0.15, -0.1) is 11.3 Å². The van der Waals surface area contributed by atoms with Gasteiger partial charge in [0.25, 0.3) is 0 Å². The Labute approximate surface area is 180 Å². The number of carbonyl (C=O) groups excluding carboxylic acids is 1.